The first-order valence-electron chi connectivity index (χ1n) is 7.25. The summed E-state index contributed by atoms with van der Waals surface area (Å²) in [5.74, 6) is -1.21. The number of hydrogen-bond acceptors (Lipinski definition) is 10. The van der Waals surface area contributed by atoms with E-state index < -0.39 is 37.8 Å². The van der Waals surface area contributed by atoms with Gasteiger partial charge in [0, 0.05) is 6.07 Å². The Kier molecular flexibility index (Phi) is 6.10. The van der Waals surface area contributed by atoms with Gasteiger partial charge in [-0.05, 0) is 12.1 Å². The van der Waals surface area contributed by atoms with Crippen molar-refractivity contribution in [3.63, 3.8) is 0 Å². The molecule has 0 fully saturated rings. The number of nitro benzene ring substituents is 3. The molecule has 0 bridgehead atoms. The highest BCUT2D eigenvalue weighted by atomic mass is 32.2. The highest BCUT2D eigenvalue weighted by Gasteiger charge is 2.30. The van der Waals surface area contributed by atoms with Crippen LogP contribution in [0.25, 0.3) is 0 Å². The van der Waals surface area contributed by atoms with Gasteiger partial charge in [-0.1, -0.05) is 17.8 Å². The van der Waals surface area contributed by atoms with E-state index in [2.05, 4.69) is 4.74 Å². The molecule has 0 aliphatic rings. The molecular weight excluding hydrogens is 398 g/mol. The number of benzene rings is 2. The smallest absolute Gasteiger partial charge is 0.344 e. The van der Waals surface area contributed by atoms with E-state index in [0.717, 1.165) is 20.3 Å². The van der Waals surface area contributed by atoms with Crippen LogP contribution in [0.15, 0.2) is 40.1 Å². The summed E-state index contributed by atoms with van der Waals surface area (Å²) in [5, 5.41) is 33.9. The zero-order chi connectivity index (χ0) is 21.0. The fourth-order valence-corrected chi connectivity index (χ4v) is 3.32. The Morgan fingerprint density at radius 3 is 2.07 bits per heavy atom. The Morgan fingerprint density at radius 1 is 0.929 bits per heavy atom. The summed E-state index contributed by atoms with van der Waals surface area (Å²) in [6.45, 7) is 0. The van der Waals surface area contributed by atoms with Gasteiger partial charge in [0.25, 0.3) is 11.4 Å². The zero-order valence-electron chi connectivity index (χ0n) is 14.3. The van der Waals surface area contributed by atoms with E-state index >= 15 is 0 Å². The molecule has 0 aliphatic heterocycles. The van der Waals surface area contributed by atoms with Gasteiger partial charge in [0.15, 0.2) is 5.75 Å². The first kappa shape index (κ1) is 20.6. The van der Waals surface area contributed by atoms with Crippen molar-refractivity contribution in [2.24, 2.45) is 0 Å². The van der Waals surface area contributed by atoms with Crippen LogP contribution in [0.4, 0.5) is 17.1 Å². The first-order chi connectivity index (χ1) is 13.2. The minimum Gasteiger partial charge on any atom is -0.490 e. The van der Waals surface area contributed by atoms with E-state index in [9.17, 15) is 35.1 Å². The minimum absolute atomic E-state index is 0.0908. The fraction of sp³-hybridized carbons (Fsp3) is 0.133. The normalized spacial score (nSPS) is 10.2. The van der Waals surface area contributed by atoms with Crippen LogP contribution < -0.4 is 4.74 Å². The number of carbonyl (C=O) groups excluding carboxylic acids is 1. The van der Waals surface area contributed by atoms with Gasteiger partial charge >= 0.3 is 11.7 Å². The molecule has 12 nitrogen and oxygen atoms in total. The van der Waals surface area contributed by atoms with Crippen molar-refractivity contribution in [1.82, 2.24) is 0 Å². The molecule has 0 heterocycles. The molecular formula is C15H11N3O9S. The molecule has 0 spiro atoms. The van der Waals surface area contributed by atoms with Gasteiger partial charge in [-0.15, -0.1) is 0 Å². The molecule has 0 saturated carbocycles. The second kappa shape index (κ2) is 8.30. The Hall–Kier alpha value is -3.74. The lowest BCUT2D eigenvalue weighted by atomic mass is 10.2. The fourth-order valence-electron chi connectivity index (χ4n) is 2.26. The van der Waals surface area contributed by atoms with Gasteiger partial charge in [-0.3, -0.25) is 30.3 Å². The molecule has 0 unspecified atom stereocenters. The van der Waals surface area contributed by atoms with Crippen LogP contribution in [0.5, 0.6) is 5.75 Å². The topological polar surface area (TPSA) is 165 Å². The van der Waals surface area contributed by atoms with E-state index in [-0.39, 0.29) is 21.1 Å². The summed E-state index contributed by atoms with van der Waals surface area (Å²) >= 11 is 0.596. The maximum atomic E-state index is 11.8. The number of methoxy groups -OCH3 is 2. The second-order valence-electron chi connectivity index (χ2n) is 5.01. The lowest BCUT2D eigenvalue weighted by molar-refractivity contribution is -0.396. The summed E-state index contributed by atoms with van der Waals surface area (Å²) < 4.78 is 9.41. The van der Waals surface area contributed by atoms with Crippen LogP contribution in [0.3, 0.4) is 0 Å². The summed E-state index contributed by atoms with van der Waals surface area (Å²) in [6, 6.07) is 5.55. The molecule has 0 aliphatic carbocycles. The third-order valence-electron chi connectivity index (χ3n) is 3.46. The van der Waals surface area contributed by atoms with Gasteiger partial charge in [0.05, 0.1) is 44.8 Å². The van der Waals surface area contributed by atoms with E-state index in [0.29, 0.717) is 17.8 Å². The second-order valence-corrected chi connectivity index (χ2v) is 6.09. The predicted octanol–water partition coefficient (Wildman–Crippen LogP) is 3.36. The van der Waals surface area contributed by atoms with Crippen LogP contribution in [0.2, 0.25) is 0 Å². The van der Waals surface area contributed by atoms with Gasteiger partial charge < -0.3 is 9.47 Å². The summed E-state index contributed by atoms with van der Waals surface area (Å²) in [5.41, 5.74) is -2.22. The Bertz CT molecular complexity index is 993. The molecule has 13 heteroatoms. The zero-order valence-corrected chi connectivity index (χ0v) is 15.1. The number of nitrogens with zero attached hydrogens (tertiary/aromatic N) is 3. The highest BCUT2D eigenvalue weighted by Crippen LogP contribution is 2.44. The minimum atomic E-state index is -0.954. The maximum absolute atomic E-state index is 11.8. The van der Waals surface area contributed by atoms with Crippen molar-refractivity contribution >= 4 is 34.8 Å². The number of carbonyl (C=O) groups is 1. The number of para-hydroxylation sites is 1. The van der Waals surface area contributed by atoms with Crippen molar-refractivity contribution < 1.29 is 29.0 Å². The first-order valence-corrected chi connectivity index (χ1v) is 8.07. The van der Waals surface area contributed by atoms with Gasteiger partial charge in [0.1, 0.15) is 5.56 Å². The van der Waals surface area contributed by atoms with Crippen LogP contribution in [0.1, 0.15) is 10.4 Å². The number of nitro groups is 3. The lowest BCUT2D eigenvalue weighted by Gasteiger charge is -2.09. The van der Waals surface area contributed by atoms with E-state index in [4.69, 9.17) is 4.74 Å². The van der Waals surface area contributed by atoms with Crippen molar-refractivity contribution in [3.05, 3.63) is 66.2 Å². The van der Waals surface area contributed by atoms with Gasteiger partial charge in [0.2, 0.25) is 0 Å². The number of hydrogen-bond donors (Lipinski definition) is 0. The monoisotopic (exact) mass is 409 g/mol. The van der Waals surface area contributed by atoms with Crippen molar-refractivity contribution in [3.8, 4) is 5.75 Å². The molecule has 0 aromatic heterocycles. The lowest BCUT2D eigenvalue weighted by Crippen LogP contribution is -2.06. The molecule has 2 rings (SSSR count). The summed E-state index contributed by atoms with van der Waals surface area (Å²) in [6.07, 6.45) is 0. The van der Waals surface area contributed by atoms with E-state index in [1.807, 2.05) is 0 Å². The third kappa shape index (κ3) is 3.98. The molecule has 2 aromatic rings. The molecule has 0 atom stereocenters. The summed E-state index contributed by atoms with van der Waals surface area (Å²) in [7, 11) is 2.20. The quantitative estimate of drug-likeness (QED) is 0.376. The third-order valence-corrected chi connectivity index (χ3v) is 4.56. The number of ether oxygens (including phenoxy) is 2. The van der Waals surface area contributed by atoms with Crippen molar-refractivity contribution in [2.45, 2.75) is 9.79 Å². The molecule has 146 valence electrons. The Morgan fingerprint density at radius 2 is 1.57 bits per heavy atom. The molecule has 0 saturated heterocycles. The maximum Gasteiger partial charge on any atom is 0.344 e. The van der Waals surface area contributed by atoms with Crippen molar-refractivity contribution in [1.29, 1.82) is 0 Å². The SMILES string of the molecule is COC(=O)c1cccc(Sc2cc(OC)c([N+](=O)[O-])cc2[N+](=O)[O-])c1[N+](=O)[O-]. The van der Waals surface area contributed by atoms with Crippen LogP contribution in [0, 0.1) is 30.3 Å². The standard InChI is InChI=1S/C15H11N3O9S/c1-26-11-7-13(10(17(22)23)6-9(11)16(20)21)28-12-5-3-4-8(15(19)27-2)14(12)18(24)25/h3-7H,1-2H3. The Balaban J connectivity index is 2.68. The average molecular weight is 409 g/mol. The molecule has 0 amide bonds. The van der Waals surface area contributed by atoms with E-state index in [1.165, 1.54) is 18.2 Å². The molecule has 0 radical (unpaired) electrons. The molecule has 28 heavy (non-hydrogen) atoms. The van der Waals surface area contributed by atoms with Crippen LogP contribution in [-0.2, 0) is 4.74 Å². The number of esters is 1. The average Bonchev–Trinajstić information content (AvgIpc) is 2.65. The van der Waals surface area contributed by atoms with Gasteiger partial charge in [-0.25, -0.2) is 4.79 Å². The Labute approximate surface area is 160 Å². The number of rotatable bonds is 7. The largest absolute Gasteiger partial charge is 0.490 e. The highest BCUT2D eigenvalue weighted by molar-refractivity contribution is 7.99. The van der Waals surface area contributed by atoms with E-state index in [1.54, 1.807) is 0 Å². The predicted molar refractivity (Wildman–Crippen MR) is 94.9 cm³/mol. The van der Waals surface area contributed by atoms with Crippen LogP contribution in [-0.4, -0.2) is 35.0 Å². The van der Waals surface area contributed by atoms with Crippen molar-refractivity contribution in [2.75, 3.05) is 14.2 Å². The molecule has 0 N–H and O–H groups in total. The van der Waals surface area contributed by atoms with Crippen LogP contribution >= 0.6 is 11.8 Å². The van der Waals surface area contributed by atoms with Gasteiger partial charge in [-0.2, -0.15) is 0 Å². The molecule has 2 aromatic carbocycles. The summed E-state index contributed by atoms with van der Waals surface area (Å²) in [4.78, 5) is 42.9.